The first-order valence-corrected chi connectivity index (χ1v) is 11.7. The first-order chi connectivity index (χ1) is 13.3. The smallest absolute Gasteiger partial charge is 0.233 e. The van der Waals surface area contributed by atoms with Crippen molar-refractivity contribution in [3.8, 4) is 0 Å². The standard InChI is InChI=1S/C19H25N5OS2/c25-17(23-9-7-22(8-10-23)12-16-2-1-11-26-16)13-27-19-21-20-18(14-3-4-14)24(19)15-5-6-15/h1-2,11,14-15H,3-10,12-13H2. The molecule has 27 heavy (non-hydrogen) atoms. The molecule has 0 N–H and O–H groups in total. The third-order valence-electron chi connectivity index (χ3n) is 5.55. The van der Waals surface area contributed by atoms with Crippen molar-refractivity contribution in [2.24, 2.45) is 0 Å². The van der Waals surface area contributed by atoms with Gasteiger partial charge in [-0.2, -0.15) is 0 Å². The summed E-state index contributed by atoms with van der Waals surface area (Å²) in [5, 5.41) is 11.9. The Labute approximate surface area is 167 Å². The first-order valence-electron chi connectivity index (χ1n) is 9.88. The molecule has 2 aliphatic carbocycles. The molecule has 1 amide bonds. The zero-order valence-corrected chi connectivity index (χ0v) is 17.1. The van der Waals surface area contributed by atoms with Crippen LogP contribution >= 0.6 is 23.1 Å². The van der Waals surface area contributed by atoms with Gasteiger partial charge in [0.1, 0.15) is 5.82 Å². The van der Waals surface area contributed by atoms with Crippen molar-refractivity contribution in [1.82, 2.24) is 24.6 Å². The molecule has 0 bridgehead atoms. The molecule has 144 valence electrons. The number of carbonyl (C=O) groups is 1. The summed E-state index contributed by atoms with van der Waals surface area (Å²) in [5.41, 5.74) is 0. The molecule has 0 radical (unpaired) electrons. The van der Waals surface area contributed by atoms with Crippen molar-refractivity contribution in [3.63, 3.8) is 0 Å². The molecule has 3 fully saturated rings. The predicted octanol–water partition coefficient (Wildman–Crippen LogP) is 2.99. The number of piperazine rings is 1. The van der Waals surface area contributed by atoms with Crippen LogP contribution in [0, 0.1) is 0 Å². The molecule has 0 spiro atoms. The zero-order valence-electron chi connectivity index (χ0n) is 15.4. The minimum Gasteiger partial charge on any atom is -0.339 e. The van der Waals surface area contributed by atoms with E-state index in [1.165, 1.54) is 30.6 Å². The van der Waals surface area contributed by atoms with Gasteiger partial charge in [-0.1, -0.05) is 17.8 Å². The van der Waals surface area contributed by atoms with E-state index in [0.29, 0.717) is 17.7 Å². The lowest BCUT2D eigenvalue weighted by Crippen LogP contribution is -2.48. The van der Waals surface area contributed by atoms with Crippen LogP contribution in [0.25, 0.3) is 0 Å². The van der Waals surface area contributed by atoms with Gasteiger partial charge in [0.2, 0.25) is 5.91 Å². The molecule has 0 atom stereocenters. The van der Waals surface area contributed by atoms with E-state index in [4.69, 9.17) is 0 Å². The lowest BCUT2D eigenvalue weighted by Gasteiger charge is -2.34. The molecule has 3 aliphatic rings. The number of nitrogens with zero attached hydrogens (tertiary/aromatic N) is 5. The van der Waals surface area contributed by atoms with Crippen LogP contribution < -0.4 is 0 Å². The van der Waals surface area contributed by atoms with E-state index in [2.05, 4.69) is 37.2 Å². The van der Waals surface area contributed by atoms with E-state index in [9.17, 15) is 4.79 Å². The summed E-state index contributed by atoms with van der Waals surface area (Å²) in [4.78, 5) is 18.5. The van der Waals surface area contributed by atoms with Crippen molar-refractivity contribution in [1.29, 1.82) is 0 Å². The highest BCUT2D eigenvalue weighted by molar-refractivity contribution is 7.99. The van der Waals surface area contributed by atoms with Crippen LogP contribution in [-0.4, -0.2) is 62.4 Å². The van der Waals surface area contributed by atoms with Gasteiger partial charge in [-0.25, -0.2) is 0 Å². The monoisotopic (exact) mass is 403 g/mol. The third kappa shape index (κ3) is 4.07. The fraction of sp³-hybridized carbons (Fsp3) is 0.632. The summed E-state index contributed by atoms with van der Waals surface area (Å²) in [6.45, 7) is 4.57. The zero-order chi connectivity index (χ0) is 18.2. The summed E-state index contributed by atoms with van der Waals surface area (Å²) in [6, 6.07) is 4.87. The number of amides is 1. The fourth-order valence-electron chi connectivity index (χ4n) is 3.68. The van der Waals surface area contributed by atoms with Gasteiger partial charge in [-0.05, 0) is 37.1 Å². The van der Waals surface area contributed by atoms with Gasteiger partial charge in [0.05, 0.1) is 5.75 Å². The molecular formula is C19H25N5OS2. The molecule has 8 heteroatoms. The minimum absolute atomic E-state index is 0.231. The van der Waals surface area contributed by atoms with Crippen LogP contribution in [0.15, 0.2) is 22.7 Å². The van der Waals surface area contributed by atoms with Gasteiger partial charge in [0.25, 0.3) is 0 Å². The summed E-state index contributed by atoms with van der Waals surface area (Å²) in [7, 11) is 0. The second-order valence-corrected chi connectivity index (χ2v) is 9.72. The van der Waals surface area contributed by atoms with Crippen LogP contribution in [0.2, 0.25) is 0 Å². The van der Waals surface area contributed by atoms with Crippen molar-refractivity contribution < 1.29 is 4.79 Å². The summed E-state index contributed by atoms with van der Waals surface area (Å²) in [5.74, 6) is 2.48. The molecule has 0 unspecified atom stereocenters. The molecule has 1 saturated heterocycles. The van der Waals surface area contributed by atoms with Crippen LogP contribution in [0.5, 0.6) is 0 Å². The maximum Gasteiger partial charge on any atom is 0.233 e. The number of carbonyl (C=O) groups excluding carboxylic acids is 1. The van der Waals surface area contributed by atoms with E-state index >= 15 is 0 Å². The Hall–Kier alpha value is -1.38. The minimum atomic E-state index is 0.231. The quantitative estimate of drug-likeness (QED) is 0.665. The average Bonchev–Trinajstić information content (AvgIpc) is 3.62. The highest BCUT2D eigenvalue weighted by Crippen LogP contribution is 2.46. The molecule has 1 aliphatic heterocycles. The van der Waals surface area contributed by atoms with Crippen LogP contribution in [0.3, 0.4) is 0 Å². The number of rotatable bonds is 7. The largest absolute Gasteiger partial charge is 0.339 e. The highest BCUT2D eigenvalue weighted by Gasteiger charge is 2.36. The predicted molar refractivity (Wildman–Crippen MR) is 107 cm³/mol. The molecule has 2 aromatic rings. The third-order valence-corrected chi connectivity index (χ3v) is 7.34. The second kappa shape index (κ2) is 7.56. The Bertz CT molecular complexity index is 789. The number of aromatic nitrogens is 3. The maximum atomic E-state index is 12.7. The van der Waals surface area contributed by atoms with Crippen LogP contribution in [0.1, 0.15) is 48.3 Å². The highest BCUT2D eigenvalue weighted by atomic mass is 32.2. The Balaban J connectivity index is 1.13. The number of thiophene rings is 1. The Morgan fingerprint density at radius 1 is 1.15 bits per heavy atom. The Kier molecular flexibility index (Phi) is 4.96. The topological polar surface area (TPSA) is 54.3 Å². The van der Waals surface area contributed by atoms with Crippen LogP contribution in [0.4, 0.5) is 0 Å². The van der Waals surface area contributed by atoms with Gasteiger partial charge in [-0.3, -0.25) is 9.69 Å². The van der Waals surface area contributed by atoms with Crippen molar-refractivity contribution in [2.75, 3.05) is 31.9 Å². The Morgan fingerprint density at radius 3 is 2.63 bits per heavy atom. The van der Waals surface area contributed by atoms with Crippen molar-refractivity contribution in [2.45, 2.75) is 49.3 Å². The van der Waals surface area contributed by atoms with E-state index in [1.807, 2.05) is 4.90 Å². The van der Waals surface area contributed by atoms with Gasteiger partial charge in [-0.15, -0.1) is 21.5 Å². The van der Waals surface area contributed by atoms with Crippen LogP contribution in [-0.2, 0) is 11.3 Å². The normalized spacial score (nSPS) is 21.0. The van der Waals surface area contributed by atoms with E-state index < -0.39 is 0 Å². The number of hydrogen-bond donors (Lipinski definition) is 0. The molecule has 6 nitrogen and oxygen atoms in total. The number of hydrogen-bond acceptors (Lipinski definition) is 6. The lowest BCUT2D eigenvalue weighted by molar-refractivity contribution is -0.130. The summed E-state index contributed by atoms with van der Waals surface area (Å²) < 4.78 is 2.33. The van der Waals surface area contributed by atoms with E-state index in [1.54, 1.807) is 23.1 Å². The second-order valence-electron chi connectivity index (χ2n) is 7.74. The van der Waals surface area contributed by atoms with Gasteiger partial charge in [0.15, 0.2) is 5.16 Å². The lowest BCUT2D eigenvalue weighted by atomic mass is 10.3. The number of thioether (sulfide) groups is 1. The molecular weight excluding hydrogens is 378 g/mol. The molecule has 5 rings (SSSR count). The molecule has 3 heterocycles. The average molecular weight is 404 g/mol. The first kappa shape index (κ1) is 17.7. The van der Waals surface area contributed by atoms with E-state index in [-0.39, 0.29) is 5.91 Å². The maximum absolute atomic E-state index is 12.7. The Morgan fingerprint density at radius 2 is 1.96 bits per heavy atom. The van der Waals surface area contributed by atoms with Gasteiger partial charge < -0.3 is 9.47 Å². The molecule has 2 aromatic heterocycles. The summed E-state index contributed by atoms with van der Waals surface area (Å²) in [6.07, 6.45) is 4.94. The van der Waals surface area contributed by atoms with Crippen molar-refractivity contribution in [3.05, 3.63) is 28.2 Å². The van der Waals surface area contributed by atoms with Crippen molar-refractivity contribution >= 4 is 29.0 Å². The summed E-state index contributed by atoms with van der Waals surface area (Å²) >= 11 is 3.38. The van der Waals surface area contributed by atoms with Gasteiger partial charge >= 0.3 is 0 Å². The van der Waals surface area contributed by atoms with Gasteiger partial charge in [0, 0.05) is 49.6 Å². The SMILES string of the molecule is O=C(CSc1nnc(C2CC2)n1C1CC1)N1CCN(Cc2cccs2)CC1. The fourth-order valence-corrected chi connectivity index (χ4v) is 5.34. The van der Waals surface area contributed by atoms with E-state index in [0.717, 1.165) is 43.7 Å². The molecule has 0 aromatic carbocycles. The molecule has 2 saturated carbocycles.